The number of hydrogen-bond acceptors (Lipinski definition) is 4. The highest BCUT2D eigenvalue weighted by atomic mass is 16.1. The Hall–Kier alpha value is -2.69. The number of nitrogens with zero attached hydrogens (tertiary/aromatic N) is 3. The summed E-state index contributed by atoms with van der Waals surface area (Å²) in [4.78, 5) is 15.8. The molecule has 0 aliphatic carbocycles. The molecule has 2 heterocycles. The largest absolute Gasteiger partial charge is 0.396 e. The van der Waals surface area contributed by atoms with Crippen molar-refractivity contribution in [3.63, 3.8) is 0 Å². The third-order valence-electron chi connectivity index (χ3n) is 2.81. The summed E-state index contributed by atoms with van der Waals surface area (Å²) in [6.45, 7) is 7.00. The molecule has 0 radical (unpaired) electrons. The number of Topliss-reactive ketones (excluding diaryl/α,β-unsaturated/α-hetero) is 1. The summed E-state index contributed by atoms with van der Waals surface area (Å²) in [6, 6.07) is 1.62. The SMILES string of the molecule is C=C/C=C\C=C(/C)c1nc2c(N)cc(C(C)=O)cn2n1. The number of nitrogen functional groups attached to an aromatic ring is 1. The van der Waals surface area contributed by atoms with E-state index in [9.17, 15) is 4.79 Å². The van der Waals surface area contributed by atoms with Crippen LogP contribution in [0, 0.1) is 0 Å². The Morgan fingerprint density at radius 1 is 1.40 bits per heavy atom. The minimum Gasteiger partial charge on any atom is -0.396 e. The Kier molecular flexibility index (Phi) is 3.79. The summed E-state index contributed by atoms with van der Waals surface area (Å²) in [5.41, 5.74) is 8.30. The highest BCUT2D eigenvalue weighted by molar-refractivity contribution is 5.95. The molecule has 20 heavy (non-hydrogen) atoms. The van der Waals surface area contributed by atoms with Gasteiger partial charge in [0.15, 0.2) is 17.3 Å². The van der Waals surface area contributed by atoms with E-state index < -0.39 is 0 Å². The fourth-order valence-electron chi connectivity index (χ4n) is 1.72. The standard InChI is InChI=1S/C15H16N4O/c1-4-5-6-7-10(2)14-17-15-13(16)8-12(11(3)20)9-19(15)18-14/h4-9H,1,16H2,2-3H3/b6-5-,10-7+. The first-order valence-electron chi connectivity index (χ1n) is 6.16. The van der Waals surface area contributed by atoms with E-state index in [0.29, 0.717) is 22.7 Å². The quantitative estimate of drug-likeness (QED) is 0.683. The van der Waals surface area contributed by atoms with Crippen molar-refractivity contribution in [3.8, 4) is 0 Å². The molecule has 0 aliphatic heterocycles. The number of hydrogen-bond donors (Lipinski definition) is 1. The maximum Gasteiger partial charge on any atom is 0.178 e. The molecule has 0 saturated carbocycles. The molecule has 0 fully saturated rings. The first-order valence-corrected chi connectivity index (χ1v) is 6.16. The molecule has 5 nitrogen and oxygen atoms in total. The molecule has 0 amide bonds. The van der Waals surface area contributed by atoms with Crippen LogP contribution in [0.15, 0.2) is 43.1 Å². The third-order valence-corrected chi connectivity index (χ3v) is 2.81. The second-order valence-corrected chi connectivity index (χ2v) is 4.41. The Morgan fingerprint density at radius 3 is 2.80 bits per heavy atom. The van der Waals surface area contributed by atoms with E-state index in [1.54, 1.807) is 18.3 Å². The van der Waals surface area contributed by atoms with Crippen molar-refractivity contribution in [2.75, 3.05) is 5.73 Å². The van der Waals surface area contributed by atoms with Crippen molar-refractivity contribution in [1.29, 1.82) is 0 Å². The number of aromatic nitrogens is 3. The van der Waals surface area contributed by atoms with Gasteiger partial charge in [-0.1, -0.05) is 30.9 Å². The lowest BCUT2D eigenvalue weighted by molar-refractivity contribution is 0.101. The molecule has 2 aromatic heterocycles. The molecule has 5 heteroatoms. The van der Waals surface area contributed by atoms with Gasteiger partial charge < -0.3 is 5.73 Å². The van der Waals surface area contributed by atoms with Crippen LogP contribution in [0.5, 0.6) is 0 Å². The molecule has 102 valence electrons. The molecule has 0 unspecified atom stereocenters. The van der Waals surface area contributed by atoms with Crippen molar-refractivity contribution >= 4 is 22.7 Å². The molecule has 0 spiro atoms. The lowest BCUT2D eigenvalue weighted by Gasteiger charge is -1.99. The zero-order valence-electron chi connectivity index (χ0n) is 11.5. The summed E-state index contributed by atoms with van der Waals surface area (Å²) in [7, 11) is 0. The van der Waals surface area contributed by atoms with Crippen LogP contribution in [-0.2, 0) is 0 Å². The fraction of sp³-hybridized carbons (Fsp3) is 0.133. The number of carbonyl (C=O) groups excluding carboxylic acids is 1. The van der Waals surface area contributed by atoms with Gasteiger partial charge in [-0.25, -0.2) is 9.50 Å². The van der Waals surface area contributed by atoms with Gasteiger partial charge in [0, 0.05) is 11.8 Å². The molecule has 2 N–H and O–H groups in total. The number of nitrogens with two attached hydrogens (primary N) is 1. The van der Waals surface area contributed by atoms with Gasteiger partial charge in [0.2, 0.25) is 0 Å². The predicted molar refractivity (Wildman–Crippen MR) is 80.4 cm³/mol. The maximum atomic E-state index is 11.4. The lowest BCUT2D eigenvalue weighted by atomic mass is 10.2. The lowest BCUT2D eigenvalue weighted by Crippen LogP contribution is -2.00. The number of fused-ring (bicyclic) bond motifs is 1. The minimum absolute atomic E-state index is 0.0585. The van der Waals surface area contributed by atoms with E-state index in [1.165, 1.54) is 11.4 Å². The van der Waals surface area contributed by atoms with Crippen LogP contribution < -0.4 is 5.73 Å². The minimum atomic E-state index is -0.0585. The Labute approximate surface area is 117 Å². The molecule has 0 bridgehead atoms. The molecular weight excluding hydrogens is 252 g/mol. The van der Waals surface area contributed by atoms with E-state index in [4.69, 9.17) is 5.73 Å². The first-order chi connectivity index (χ1) is 9.52. The van der Waals surface area contributed by atoms with Gasteiger partial charge in [-0.15, -0.1) is 5.10 Å². The number of rotatable bonds is 4. The highest BCUT2D eigenvalue weighted by Gasteiger charge is 2.10. The van der Waals surface area contributed by atoms with Gasteiger partial charge >= 0.3 is 0 Å². The van der Waals surface area contributed by atoms with Crippen molar-refractivity contribution < 1.29 is 4.79 Å². The maximum absolute atomic E-state index is 11.4. The van der Waals surface area contributed by atoms with E-state index in [2.05, 4.69) is 16.7 Å². The van der Waals surface area contributed by atoms with Crippen molar-refractivity contribution in [1.82, 2.24) is 14.6 Å². The number of pyridine rings is 1. The average Bonchev–Trinajstić information content (AvgIpc) is 2.83. The smallest absolute Gasteiger partial charge is 0.178 e. The van der Waals surface area contributed by atoms with Crippen LogP contribution in [0.2, 0.25) is 0 Å². The van der Waals surface area contributed by atoms with Gasteiger partial charge in [-0.3, -0.25) is 4.79 Å². The van der Waals surface area contributed by atoms with Crippen LogP contribution in [-0.4, -0.2) is 20.4 Å². The molecule has 0 aromatic carbocycles. The summed E-state index contributed by atoms with van der Waals surface area (Å²) >= 11 is 0. The summed E-state index contributed by atoms with van der Waals surface area (Å²) in [5.74, 6) is 0.517. The van der Waals surface area contributed by atoms with Crippen LogP contribution >= 0.6 is 0 Å². The summed E-state index contributed by atoms with van der Waals surface area (Å²) in [6.07, 6.45) is 8.90. The van der Waals surface area contributed by atoms with Crippen molar-refractivity contribution in [2.24, 2.45) is 0 Å². The third kappa shape index (κ3) is 2.66. The van der Waals surface area contributed by atoms with E-state index in [1.807, 2.05) is 25.2 Å². The second-order valence-electron chi connectivity index (χ2n) is 4.41. The number of anilines is 1. The first kappa shape index (κ1) is 13.7. The van der Waals surface area contributed by atoms with Crippen LogP contribution in [0.3, 0.4) is 0 Å². The second kappa shape index (κ2) is 5.52. The van der Waals surface area contributed by atoms with E-state index >= 15 is 0 Å². The van der Waals surface area contributed by atoms with Crippen LogP contribution in [0.1, 0.15) is 30.0 Å². The Morgan fingerprint density at radius 2 is 2.15 bits per heavy atom. The van der Waals surface area contributed by atoms with Gasteiger partial charge in [0.1, 0.15) is 0 Å². The Bertz CT molecular complexity index is 738. The van der Waals surface area contributed by atoms with Crippen molar-refractivity contribution in [2.45, 2.75) is 13.8 Å². The van der Waals surface area contributed by atoms with Crippen LogP contribution in [0.4, 0.5) is 5.69 Å². The van der Waals surface area contributed by atoms with Gasteiger partial charge in [0.25, 0.3) is 0 Å². The average molecular weight is 268 g/mol. The Balaban J connectivity index is 2.51. The van der Waals surface area contributed by atoms with Gasteiger partial charge in [0.05, 0.1) is 5.69 Å². The van der Waals surface area contributed by atoms with Gasteiger partial charge in [-0.05, 0) is 25.5 Å². The van der Waals surface area contributed by atoms with Crippen molar-refractivity contribution in [3.05, 3.63) is 54.5 Å². The van der Waals surface area contributed by atoms with E-state index in [0.717, 1.165) is 5.57 Å². The van der Waals surface area contributed by atoms with E-state index in [-0.39, 0.29) is 5.78 Å². The number of allylic oxidation sites excluding steroid dienone is 5. The molecular formula is C15H16N4O. The topological polar surface area (TPSA) is 73.3 Å². The zero-order chi connectivity index (χ0) is 14.7. The molecule has 0 atom stereocenters. The monoisotopic (exact) mass is 268 g/mol. The summed E-state index contributed by atoms with van der Waals surface area (Å²) in [5, 5.41) is 4.34. The van der Waals surface area contributed by atoms with Crippen LogP contribution in [0.25, 0.3) is 11.2 Å². The molecule has 0 aliphatic rings. The number of carbonyl (C=O) groups is 1. The molecule has 2 rings (SSSR count). The number of ketones is 1. The molecule has 0 saturated heterocycles. The predicted octanol–water partition coefficient (Wildman–Crippen LogP) is 2.66. The molecule has 2 aromatic rings. The normalized spacial score (nSPS) is 12.2. The highest BCUT2D eigenvalue weighted by Crippen LogP contribution is 2.17. The fourth-order valence-corrected chi connectivity index (χ4v) is 1.72. The van der Waals surface area contributed by atoms with Gasteiger partial charge in [-0.2, -0.15) is 0 Å². The summed E-state index contributed by atoms with van der Waals surface area (Å²) < 4.78 is 1.54. The zero-order valence-corrected chi connectivity index (χ0v) is 11.5.